The maximum absolute atomic E-state index is 10.8. The van der Waals surface area contributed by atoms with Crippen molar-refractivity contribution in [1.29, 1.82) is 0 Å². The fraction of sp³-hybridized carbons (Fsp3) is 0.833. The number of hydrogen-bond acceptors (Lipinski definition) is 3. The van der Waals surface area contributed by atoms with Crippen molar-refractivity contribution >= 4 is 12.7 Å². The van der Waals surface area contributed by atoms with E-state index in [-0.39, 0.29) is 12.7 Å². The molecule has 0 unspecified atom stereocenters. The molecule has 0 atom stereocenters. The first-order valence-corrected chi connectivity index (χ1v) is 3.57. The van der Waals surface area contributed by atoms with E-state index < -0.39 is 0 Å². The van der Waals surface area contributed by atoms with Gasteiger partial charge in [0, 0.05) is 0 Å². The second-order valence-corrected chi connectivity index (χ2v) is 2.04. The van der Waals surface area contributed by atoms with Crippen molar-refractivity contribution in [1.82, 2.24) is 5.23 Å². The highest BCUT2D eigenvalue weighted by Gasteiger charge is 2.20. The topological polar surface area (TPSA) is 38.3 Å². The molecule has 0 aromatic carbocycles. The van der Waals surface area contributed by atoms with E-state index in [2.05, 4.69) is 9.96 Å². The highest BCUT2D eigenvalue weighted by molar-refractivity contribution is 6.86. The predicted octanol–water partition coefficient (Wildman–Crippen LogP) is 0.955. The molecular formula is C6H14BNO2. The van der Waals surface area contributed by atoms with Crippen LogP contribution in [-0.2, 0) is 4.74 Å². The van der Waals surface area contributed by atoms with E-state index in [4.69, 9.17) is 0 Å². The van der Waals surface area contributed by atoms with Crippen molar-refractivity contribution in [3.8, 4) is 0 Å². The van der Waals surface area contributed by atoms with Crippen molar-refractivity contribution in [3.05, 3.63) is 0 Å². The maximum Gasteiger partial charge on any atom is 0.355 e. The molecule has 1 N–H and O–H groups in total. The van der Waals surface area contributed by atoms with Gasteiger partial charge in [0.2, 0.25) is 0 Å². The summed E-state index contributed by atoms with van der Waals surface area (Å²) in [6.45, 7) is 4.58. The van der Waals surface area contributed by atoms with E-state index in [1.165, 1.54) is 7.11 Å². The highest BCUT2D eigenvalue weighted by atomic mass is 16.5. The minimum atomic E-state index is -0.177. The summed E-state index contributed by atoms with van der Waals surface area (Å²) in [5.74, 6) is -0.177. The summed E-state index contributed by atoms with van der Waals surface area (Å²) in [4.78, 5) is 10.8. The fourth-order valence-electron chi connectivity index (χ4n) is 0.783. The molecule has 0 saturated carbocycles. The van der Waals surface area contributed by atoms with Crippen LogP contribution in [0.15, 0.2) is 0 Å². The third-order valence-electron chi connectivity index (χ3n) is 1.34. The first-order valence-electron chi connectivity index (χ1n) is 3.57. The SMILES string of the molecule is CCNB(CC)C(=O)OC. The first-order chi connectivity index (χ1) is 4.76. The van der Waals surface area contributed by atoms with Gasteiger partial charge in [0.05, 0.1) is 7.11 Å². The Bertz CT molecular complexity index is 108. The van der Waals surface area contributed by atoms with E-state index in [1.807, 2.05) is 13.8 Å². The van der Waals surface area contributed by atoms with Gasteiger partial charge < -0.3 is 9.96 Å². The van der Waals surface area contributed by atoms with Crippen LogP contribution < -0.4 is 5.23 Å². The Morgan fingerprint density at radius 1 is 1.60 bits per heavy atom. The molecule has 0 aromatic heterocycles. The molecule has 4 heteroatoms. The second-order valence-electron chi connectivity index (χ2n) is 2.04. The lowest BCUT2D eigenvalue weighted by atomic mass is 9.60. The van der Waals surface area contributed by atoms with Gasteiger partial charge in [-0.2, -0.15) is 0 Å². The molecule has 0 aliphatic heterocycles. The number of carbonyl (C=O) groups is 1. The Balaban J connectivity index is 3.68. The summed E-state index contributed by atoms with van der Waals surface area (Å²) >= 11 is 0. The molecule has 0 heterocycles. The standard InChI is InChI=1S/C6H14BNO2/c1-4-7(8-5-2)6(9)10-3/h8H,4-5H2,1-3H3. The van der Waals surface area contributed by atoms with Crippen LogP contribution in [0.3, 0.4) is 0 Å². The van der Waals surface area contributed by atoms with E-state index in [1.54, 1.807) is 0 Å². The van der Waals surface area contributed by atoms with Crippen molar-refractivity contribution in [3.63, 3.8) is 0 Å². The number of carbonyl (C=O) groups excluding carboxylic acids is 1. The van der Waals surface area contributed by atoms with E-state index >= 15 is 0 Å². The normalized spacial score (nSPS) is 9.10. The van der Waals surface area contributed by atoms with Crippen molar-refractivity contribution < 1.29 is 9.53 Å². The molecule has 10 heavy (non-hydrogen) atoms. The first kappa shape index (κ1) is 9.49. The molecule has 0 spiro atoms. The monoisotopic (exact) mass is 143 g/mol. The van der Waals surface area contributed by atoms with E-state index in [0.29, 0.717) is 0 Å². The average Bonchev–Trinajstić information content (AvgIpc) is 1.99. The van der Waals surface area contributed by atoms with E-state index in [0.717, 1.165) is 12.9 Å². The van der Waals surface area contributed by atoms with Crippen LogP contribution in [0.4, 0.5) is 4.79 Å². The Kier molecular flexibility index (Phi) is 5.03. The number of hydrogen-bond donors (Lipinski definition) is 1. The average molecular weight is 143 g/mol. The Hall–Kier alpha value is -0.505. The van der Waals surface area contributed by atoms with Gasteiger partial charge in [0.1, 0.15) is 0 Å². The Morgan fingerprint density at radius 2 is 2.20 bits per heavy atom. The summed E-state index contributed by atoms with van der Waals surface area (Å²) in [5, 5.41) is 3.01. The van der Waals surface area contributed by atoms with Crippen LogP contribution in [0.25, 0.3) is 0 Å². The number of ether oxygens (including phenoxy) is 1. The van der Waals surface area contributed by atoms with Gasteiger partial charge in [0.25, 0.3) is 5.87 Å². The molecule has 0 aliphatic rings. The zero-order valence-corrected chi connectivity index (χ0v) is 6.81. The van der Waals surface area contributed by atoms with Crippen molar-refractivity contribution in [2.24, 2.45) is 0 Å². The molecule has 0 fully saturated rings. The molecule has 58 valence electrons. The molecule has 0 amide bonds. The fourth-order valence-corrected chi connectivity index (χ4v) is 0.783. The van der Waals surface area contributed by atoms with Gasteiger partial charge in [-0.25, -0.2) is 0 Å². The van der Waals surface area contributed by atoms with Crippen molar-refractivity contribution in [2.45, 2.75) is 20.2 Å². The van der Waals surface area contributed by atoms with Crippen LogP contribution in [-0.4, -0.2) is 26.4 Å². The predicted molar refractivity (Wildman–Crippen MR) is 42.3 cm³/mol. The Labute approximate surface area is 62.2 Å². The summed E-state index contributed by atoms with van der Waals surface area (Å²) in [5.41, 5.74) is 0. The molecule has 0 aliphatic carbocycles. The summed E-state index contributed by atoms with van der Waals surface area (Å²) in [6, 6.07) is 0. The second kappa shape index (κ2) is 5.29. The van der Waals surface area contributed by atoms with Crippen molar-refractivity contribution in [2.75, 3.05) is 13.7 Å². The highest BCUT2D eigenvalue weighted by Crippen LogP contribution is 1.90. The maximum atomic E-state index is 10.8. The molecule has 0 saturated heterocycles. The van der Waals surface area contributed by atoms with Gasteiger partial charge in [-0.3, -0.25) is 4.79 Å². The van der Waals surface area contributed by atoms with E-state index in [9.17, 15) is 4.79 Å². The summed E-state index contributed by atoms with van der Waals surface area (Å²) in [6.07, 6.45) is 0.778. The zero-order chi connectivity index (χ0) is 7.98. The van der Waals surface area contributed by atoms with Crippen LogP contribution in [0.5, 0.6) is 0 Å². The van der Waals surface area contributed by atoms with Gasteiger partial charge in [-0.15, -0.1) is 0 Å². The lowest BCUT2D eigenvalue weighted by Gasteiger charge is -2.07. The number of methoxy groups -OCH3 is 1. The quantitative estimate of drug-likeness (QED) is 0.595. The number of nitrogens with one attached hydrogen (secondary N) is 1. The summed E-state index contributed by atoms with van der Waals surface area (Å²) < 4.78 is 4.55. The van der Waals surface area contributed by atoms with Crippen LogP contribution in [0.1, 0.15) is 13.8 Å². The third-order valence-corrected chi connectivity index (χ3v) is 1.34. The minimum Gasteiger partial charge on any atom is -0.476 e. The van der Waals surface area contributed by atoms with Gasteiger partial charge in [0.15, 0.2) is 0 Å². The van der Waals surface area contributed by atoms with Crippen LogP contribution in [0, 0.1) is 0 Å². The molecule has 0 radical (unpaired) electrons. The molecule has 0 aromatic rings. The molecule has 0 rings (SSSR count). The molecule has 3 nitrogen and oxygen atoms in total. The lowest BCUT2D eigenvalue weighted by Crippen LogP contribution is -2.40. The van der Waals surface area contributed by atoms with Gasteiger partial charge >= 0.3 is 6.85 Å². The van der Waals surface area contributed by atoms with Gasteiger partial charge in [-0.05, 0) is 6.54 Å². The lowest BCUT2D eigenvalue weighted by molar-refractivity contribution is 0.196. The van der Waals surface area contributed by atoms with Crippen LogP contribution >= 0.6 is 0 Å². The zero-order valence-electron chi connectivity index (χ0n) is 6.81. The number of rotatable bonds is 4. The Morgan fingerprint density at radius 3 is 2.50 bits per heavy atom. The van der Waals surface area contributed by atoms with Gasteiger partial charge in [-0.1, -0.05) is 20.2 Å². The smallest absolute Gasteiger partial charge is 0.355 e. The third kappa shape index (κ3) is 2.87. The van der Waals surface area contributed by atoms with Crippen LogP contribution in [0.2, 0.25) is 6.32 Å². The molecule has 0 bridgehead atoms. The largest absolute Gasteiger partial charge is 0.476 e. The molecular weight excluding hydrogens is 129 g/mol. The minimum absolute atomic E-state index is 0.130. The summed E-state index contributed by atoms with van der Waals surface area (Å²) in [7, 11) is 1.41.